The van der Waals surface area contributed by atoms with Crippen LogP contribution in [-0.2, 0) is 10.1 Å². The Morgan fingerprint density at radius 3 is 2.89 bits per heavy atom. The van der Waals surface area contributed by atoms with Crippen molar-refractivity contribution in [3.63, 3.8) is 0 Å². The molecule has 0 saturated carbocycles. The fourth-order valence-corrected chi connectivity index (χ4v) is 3.45. The minimum atomic E-state index is -3.82. The minimum absolute atomic E-state index is 0.143. The molecule has 1 aliphatic heterocycles. The van der Waals surface area contributed by atoms with Gasteiger partial charge in [0, 0.05) is 30.4 Å². The third-order valence-electron chi connectivity index (χ3n) is 3.79. The summed E-state index contributed by atoms with van der Waals surface area (Å²) in [4.78, 5) is 2.33. The third-order valence-corrected chi connectivity index (χ3v) is 4.60. The van der Waals surface area contributed by atoms with Gasteiger partial charge in [-0.05, 0) is 44.3 Å². The number of piperidine rings is 1. The zero-order valence-corrected chi connectivity index (χ0v) is 11.9. The van der Waals surface area contributed by atoms with Crippen LogP contribution >= 0.6 is 0 Å². The molecule has 1 fully saturated rings. The fraction of sp³-hybridized carbons (Fsp3) is 0.692. The Labute approximate surface area is 114 Å². The molecule has 0 aromatic heterocycles. The maximum absolute atomic E-state index is 10.7. The van der Waals surface area contributed by atoms with E-state index in [2.05, 4.69) is 11.0 Å². The van der Waals surface area contributed by atoms with Crippen LogP contribution in [0.3, 0.4) is 0 Å². The molecule has 6 heteroatoms. The largest absolute Gasteiger partial charge is 0.402 e. The van der Waals surface area contributed by atoms with Gasteiger partial charge in [-0.2, -0.15) is 8.42 Å². The molecule has 1 atom stereocenters. The van der Waals surface area contributed by atoms with Crippen molar-refractivity contribution in [2.24, 2.45) is 11.7 Å². The molecule has 0 bridgehead atoms. The maximum Gasteiger partial charge on any atom is 0.264 e. The second-order valence-electron chi connectivity index (χ2n) is 5.36. The number of unbranched alkanes of at least 4 members (excludes halogenated alkanes) is 1. The quantitative estimate of drug-likeness (QED) is 0.591. The van der Waals surface area contributed by atoms with Crippen molar-refractivity contribution < 1.29 is 13.0 Å². The molecule has 0 aromatic carbocycles. The van der Waals surface area contributed by atoms with Crippen molar-refractivity contribution in [1.82, 2.24) is 4.90 Å². The molecule has 108 valence electrons. The van der Waals surface area contributed by atoms with Crippen LogP contribution in [0.15, 0.2) is 23.5 Å². The molecule has 2 aliphatic rings. The maximum atomic E-state index is 10.7. The Hall–Kier alpha value is -1.01. The Kier molecular flexibility index (Phi) is 4.52. The van der Waals surface area contributed by atoms with E-state index in [1.54, 1.807) is 0 Å². The van der Waals surface area contributed by atoms with Crippen molar-refractivity contribution in [2.45, 2.75) is 32.1 Å². The topological polar surface area (TPSA) is 83.6 Å². The summed E-state index contributed by atoms with van der Waals surface area (Å²) in [6.45, 7) is 1.88. The van der Waals surface area contributed by atoms with Gasteiger partial charge in [0.15, 0.2) is 0 Å². The highest BCUT2D eigenvalue weighted by molar-refractivity contribution is 7.85. The molecule has 0 aromatic rings. The zero-order valence-electron chi connectivity index (χ0n) is 11.1. The van der Waals surface area contributed by atoms with Crippen LogP contribution in [-0.4, -0.2) is 36.7 Å². The predicted octanol–water partition coefficient (Wildman–Crippen LogP) is 1.50. The second-order valence-corrected chi connectivity index (χ2v) is 6.93. The molecule has 1 saturated heterocycles. The summed E-state index contributed by atoms with van der Waals surface area (Å²) in [7, 11) is -3.82. The lowest BCUT2D eigenvalue weighted by molar-refractivity contribution is 0.235. The first-order valence-corrected chi connectivity index (χ1v) is 8.43. The normalized spacial score (nSPS) is 23.6. The van der Waals surface area contributed by atoms with E-state index in [0.717, 1.165) is 38.0 Å². The second kappa shape index (κ2) is 5.96. The Bertz CT molecular complexity index is 482. The van der Waals surface area contributed by atoms with Crippen molar-refractivity contribution >= 4 is 10.1 Å². The van der Waals surface area contributed by atoms with Gasteiger partial charge < -0.3 is 10.6 Å². The van der Waals surface area contributed by atoms with E-state index < -0.39 is 10.1 Å². The van der Waals surface area contributed by atoms with E-state index >= 15 is 0 Å². The standard InChI is InChI=1S/C13H22N2O3S/c14-12-5-6-13-11(10-12)4-3-8-15(13)7-1-2-9-19(16,17)18/h5-6,11H,1-4,7-10,14H2,(H,16,17,18). The number of likely N-dealkylation sites (tertiary alicyclic amines) is 1. The van der Waals surface area contributed by atoms with E-state index in [1.807, 2.05) is 6.08 Å². The molecule has 3 N–H and O–H groups in total. The average Bonchev–Trinajstić information content (AvgIpc) is 2.33. The van der Waals surface area contributed by atoms with Crippen molar-refractivity contribution in [1.29, 1.82) is 0 Å². The van der Waals surface area contributed by atoms with Gasteiger partial charge >= 0.3 is 0 Å². The molecular weight excluding hydrogens is 264 g/mol. The van der Waals surface area contributed by atoms with E-state index in [9.17, 15) is 8.42 Å². The Morgan fingerprint density at radius 2 is 2.16 bits per heavy atom. The van der Waals surface area contributed by atoms with Crippen LogP contribution in [0.25, 0.3) is 0 Å². The molecule has 1 aliphatic carbocycles. The van der Waals surface area contributed by atoms with Gasteiger partial charge in [0.1, 0.15) is 0 Å². The van der Waals surface area contributed by atoms with E-state index in [4.69, 9.17) is 10.3 Å². The number of allylic oxidation sites excluding steroid dienone is 4. The van der Waals surface area contributed by atoms with Gasteiger partial charge in [-0.1, -0.05) is 0 Å². The highest BCUT2D eigenvalue weighted by Crippen LogP contribution is 2.33. The summed E-state index contributed by atoms with van der Waals surface area (Å²) in [5.74, 6) is 0.385. The molecule has 1 heterocycles. The third kappa shape index (κ3) is 4.24. The lowest BCUT2D eigenvalue weighted by atomic mass is 9.86. The summed E-state index contributed by atoms with van der Waals surface area (Å²) in [5, 5.41) is 0. The first-order chi connectivity index (χ1) is 8.96. The zero-order chi connectivity index (χ0) is 13.9. The van der Waals surface area contributed by atoms with Gasteiger partial charge in [-0.3, -0.25) is 4.55 Å². The summed E-state index contributed by atoms with van der Waals surface area (Å²) >= 11 is 0. The van der Waals surface area contributed by atoms with Crippen LogP contribution in [0.2, 0.25) is 0 Å². The average molecular weight is 286 g/mol. The molecule has 19 heavy (non-hydrogen) atoms. The molecule has 0 amide bonds. The highest BCUT2D eigenvalue weighted by atomic mass is 32.2. The number of hydrogen-bond acceptors (Lipinski definition) is 4. The first-order valence-electron chi connectivity index (χ1n) is 6.82. The van der Waals surface area contributed by atoms with Crippen molar-refractivity contribution in [3.05, 3.63) is 23.5 Å². The SMILES string of the molecule is NC1=CC=C2C(CCCN2CCCCS(=O)(=O)O)C1. The number of hydrogen-bond donors (Lipinski definition) is 2. The summed E-state index contributed by atoms with van der Waals surface area (Å²) < 4.78 is 30.0. The summed E-state index contributed by atoms with van der Waals surface area (Å²) in [6.07, 6.45) is 8.64. The van der Waals surface area contributed by atoms with Gasteiger partial charge in [-0.25, -0.2) is 0 Å². The summed E-state index contributed by atoms with van der Waals surface area (Å²) in [5.41, 5.74) is 8.15. The van der Waals surface area contributed by atoms with E-state index in [-0.39, 0.29) is 5.75 Å². The molecule has 0 radical (unpaired) electrons. The highest BCUT2D eigenvalue weighted by Gasteiger charge is 2.26. The smallest absolute Gasteiger partial charge is 0.264 e. The van der Waals surface area contributed by atoms with Gasteiger partial charge in [0.25, 0.3) is 10.1 Å². The number of nitrogens with two attached hydrogens (primary N) is 1. The lowest BCUT2D eigenvalue weighted by Crippen LogP contribution is -2.35. The monoisotopic (exact) mass is 286 g/mol. The lowest BCUT2D eigenvalue weighted by Gasteiger charge is -2.39. The molecule has 1 unspecified atom stereocenters. The molecule has 5 nitrogen and oxygen atoms in total. The number of nitrogens with zero attached hydrogens (tertiary/aromatic N) is 1. The first kappa shape index (κ1) is 14.4. The van der Waals surface area contributed by atoms with Crippen LogP contribution in [0.5, 0.6) is 0 Å². The van der Waals surface area contributed by atoms with Crippen molar-refractivity contribution in [3.8, 4) is 0 Å². The van der Waals surface area contributed by atoms with E-state index in [0.29, 0.717) is 12.3 Å². The minimum Gasteiger partial charge on any atom is -0.402 e. The molecule has 0 spiro atoms. The van der Waals surface area contributed by atoms with E-state index in [1.165, 1.54) is 12.1 Å². The Balaban J connectivity index is 1.86. The van der Waals surface area contributed by atoms with Crippen LogP contribution in [0.1, 0.15) is 32.1 Å². The van der Waals surface area contributed by atoms with Crippen LogP contribution in [0.4, 0.5) is 0 Å². The Morgan fingerprint density at radius 1 is 1.37 bits per heavy atom. The van der Waals surface area contributed by atoms with Gasteiger partial charge in [0.2, 0.25) is 0 Å². The fourth-order valence-electron chi connectivity index (χ4n) is 2.88. The van der Waals surface area contributed by atoms with Crippen molar-refractivity contribution in [2.75, 3.05) is 18.8 Å². The summed E-state index contributed by atoms with van der Waals surface area (Å²) in [6, 6.07) is 0. The number of fused-ring (bicyclic) bond motifs is 1. The molecule has 2 rings (SSSR count). The number of rotatable bonds is 5. The molecular formula is C13H22N2O3S. The van der Waals surface area contributed by atoms with Crippen LogP contribution in [0, 0.1) is 5.92 Å². The van der Waals surface area contributed by atoms with Crippen LogP contribution < -0.4 is 5.73 Å². The van der Waals surface area contributed by atoms with Gasteiger partial charge in [-0.15, -0.1) is 0 Å². The predicted molar refractivity (Wildman–Crippen MR) is 74.9 cm³/mol. The van der Waals surface area contributed by atoms with Gasteiger partial charge in [0.05, 0.1) is 5.75 Å².